The molecule has 0 saturated heterocycles. The van der Waals surface area contributed by atoms with E-state index in [-0.39, 0.29) is 18.7 Å². The molecule has 0 aromatic heterocycles. The Balaban J connectivity index is 3.17. The van der Waals surface area contributed by atoms with Crippen LogP contribution in [0.15, 0.2) is 22.5 Å². The van der Waals surface area contributed by atoms with Gasteiger partial charge in [0.15, 0.2) is 0 Å². The highest BCUT2D eigenvalue weighted by Crippen LogP contribution is 2.30. The van der Waals surface area contributed by atoms with Crippen LogP contribution in [0.1, 0.15) is 27.2 Å². The summed E-state index contributed by atoms with van der Waals surface area (Å²) in [6.45, 7) is 6.03. The molecule has 0 aliphatic carbocycles. The Labute approximate surface area is 112 Å². The van der Waals surface area contributed by atoms with E-state index in [1.807, 2.05) is 6.92 Å². The lowest BCUT2D eigenvalue weighted by molar-refractivity contribution is -0.136. The predicted molar refractivity (Wildman–Crippen MR) is 68.0 cm³/mol. The molecule has 0 bridgehead atoms. The standard InChI is InChI=1S/C13H19NO5/c1-5-19-7-14-8(2)10(12(15)16)6-11(9(14)3)13(17)18-4/h5-7H2,1-4H3,(H,15,16). The fourth-order valence-electron chi connectivity index (χ4n) is 1.96. The average Bonchev–Trinajstić information content (AvgIpc) is 2.37. The third-order valence-electron chi connectivity index (χ3n) is 3.15. The average molecular weight is 269 g/mol. The molecule has 0 fully saturated rings. The van der Waals surface area contributed by atoms with Crippen LogP contribution in [0, 0.1) is 0 Å². The predicted octanol–water partition coefficient (Wildman–Crippen LogP) is 1.49. The first-order valence-electron chi connectivity index (χ1n) is 6.00. The first kappa shape index (κ1) is 15.2. The van der Waals surface area contributed by atoms with Gasteiger partial charge < -0.3 is 19.5 Å². The highest BCUT2D eigenvalue weighted by atomic mass is 16.5. The van der Waals surface area contributed by atoms with Crippen LogP contribution in [0.3, 0.4) is 0 Å². The van der Waals surface area contributed by atoms with E-state index < -0.39 is 11.9 Å². The molecule has 1 aliphatic rings. The summed E-state index contributed by atoms with van der Waals surface area (Å²) in [5.41, 5.74) is 1.80. The molecular formula is C13H19NO5. The summed E-state index contributed by atoms with van der Waals surface area (Å²) in [7, 11) is 1.28. The van der Waals surface area contributed by atoms with Crippen LogP contribution in [0.2, 0.25) is 0 Å². The van der Waals surface area contributed by atoms with Gasteiger partial charge in [-0.2, -0.15) is 0 Å². The van der Waals surface area contributed by atoms with Crippen molar-refractivity contribution in [3.8, 4) is 0 Å². The van der Waals surface area contributed by atoms with E-state index in [1.165, 1.54) is 7.11 Å². The number of carboxylic acid groups (broad SMARTS) is 1. The smallest absolute Gasteiger partial charge is 0.335 e. The molecule has 1 heterocycles. The van der Waals surface area contributed by atoms with E-state index in [9.17, 15) is 14.7 Å². The second-order valence-electron chi connectivity index (χ2n) is 4.15. The van der Waals surface area contributed by atoms with Gasteiger partial charge in [-0.05, 0) is 20.8 Å². The minimum Gasteiger partial charge on any atom is -0.478 e. The number of methoxy groups -OCH3 is 1. The number of ether oxygens (including phenoxy) is 2. The van der Waals surface area contributed by atoms with Crippen molar-refractivity contribution < 1.29 is 24.2 Å². The van der Waals surface area contributed by atoms with Crippen LogP contribution in [-0.2, 0) is 19.1 Å². The topological polar surface area (TPSA) is 76.1 Å². The molecule has 6 heteroatoms. The highest BCUT2D eigenvalue weighted by molar-refractivity contribution is 5.95. The summed E-state index contributed by atoms with van der Waals surface area (Å²) < 4.78 is 10.0. The summed E-state index contributed by atoms with van der Waals surface area (Å²) in [6, 6.07) is 0. The van der Waals surface area contributed by atoms with Gasteiger partial charge in [-0.15, -0.1) is 0 Å². The molecule has 0 aromatic carbocycles. The van der Waals surface area contributed by atoms with Crippen molar-refractivity contribution in [1.82, 2.24) is 4.90 Å². The molecule has 1 aliphatic heterocycles. The second-order valence-corrected chi connectivity index (χ2v) is 4.15. The zero-order chi connectivity index (χ0) is 14.6. The van der Waals surface area contributed by atoms with Gasteiger partial charge in [0.25, 0.3) is 0 Å². The molecule has 0 amide bonds. The van der Waals surface area contributed by atoms with Crippen LogP contribution < -0.4 is 0 Å². The number of hydrogen-bond donors (Lipinski definition) is 1. The largest absolute Gasteiger partial charge is 0.478 e. The van der Waals surface area contributed by atoms with Gasteiger partial charge in [-0.3, -0.25) is 0 Å². The summed E-state index contributed by atoms with van der Waals surface area (Å²) in [6.07, 6.45) is 0.0717. The normalized spacial score (nSPS) is 15.9. The van der Waals surface area contributed by atoms with Gasteiger partial charge in [0.2, 0.25) is 0 Å². The third kappa shape index (κ3) is 3.14. The molecule has 0 unspecified atom stereocenters. The van der Waals surface area contributed by atoms with Crippen molar-refractivity contribution in [2.75, 3.05) is 20.4 Å². The number of rotatable bonds is 5. The Hall–Kier alpha value is -1.82. The maximum atomic E-state index is 11.7. The quantitative estimate of drug-likeness (QED) is 0.762. The van der Waals surface area contributed by atoms with Gasteiger partial charge >= 0.3 is 11.9 Å². The summed E-state index contributed by atoms with van der Waals surface area (Å²) in [4.78, 5) is 24.6. The minimum atomic E-state index is -1.03. The van der Waals surface area contributed by atoms with Crippen LogP contribution in [0.25, 0.3) is 0 Å². The number of carboxylic acids is 1. The Morgan fingerprint density at radius 2 is 1.84 bits per heavy atom. The van der Waals surface area contributed by atoms with Gasteiger partial charge in [-0.25, -0.2) is 9.59 Å². The third-order valence-corrected chi connectivity index (χ3v) is 3.15. The molecule has 0 atom stereocenters. The summed E-state index contributed by atoms with van der Waals surface area (Å²) in [5.74, 6) is -1.54. The molecule has 1 rings (SSSR count). The molecule has 106 valence electrons. The number of nitrogens with zero attached hydrogens (tertiary/aromatic N) is 1. The molecule has 0 spiro atoms. The minimum absolute atomic E-state index is 0.0717. The molecule has 19 heavy (non-hydrogen) atoms. The molecule has 0 saturated carbocycles. The van der Waals surface area contributed by atoms with Crippen LogP contribution in [0.5, 0.6) is 0 Å². The fourth-order valence-corrected chi connectivity index (χ4v) is 1.96. The van der Waals surface area contributed by atoms with Crippen LogP contribution in [0.4, 0.5) is 0 Å². The van der Waals surface area contributed by atoms with Gasteiger partial charge in [-0.1, -0.05) is 0 Å². The maximum absolute atomic E-state index is 11.7. The Bertz CT molecular complexity index is 450. The van der Waals surface area contributed by atoms with Crippen molar-refractivity contribution in [1.29, 1.82) is 0 Å². The van der Waals surface area contributed by atoms with Crippen LogP contribution >= 0.6 is 0 Å². The fraction of sp³-hybridized carbons (Fsp3) is 0.538. The van der Waals surface area contributed by atoms with E-state index in [2.05, 4.69) is 0 Å². The number of carbonyl (C=O) groups excluding carboxylic acids is 1. The molecule has 0 radical (unpaired) electrons. The first-order valence-corrected chi connectivity index (χ1v) is 6.00. The first-order chi connectivity index (χ1) is 8.93. The lowest BCUT2D eigenvalue weighted by Crippen LogP contribution is -2.32. The maximum Gasteiger partial charge on any atom is 0.335 e. The SMILES string of the molecule is CCOCN1C(C)=C(C(=O)O)CC(C(=O)OC)=C1C. The Morgan fingerprint density at radius 1 is 1.26 bits per heavy atom. The van der Waals surface area contributed by atoms with E-state index in [1.54, 1.807) is 18.7 Å². The highest BCUT2D eigenvalue weighted by Gasteiger charge is 2.29. The summed E-state index contributed by atoms with van der Waals surface area (Å²) >= 11 is 0. The van der Waals surface area contributed by atoms with Crippen LogP contribution in [-0.4, -0.2) is 42.4 Å². The van der Waals surface area contributed by atoms with Crippen molar-refractivity contribution in [2.24, 2.45) is 0 Å². The Kier molecular flexibility index (Phi) is 5.11. The Morgan fingerprint density at radius 3 is 2.32 bits per heavy atom. The number of aliphatic carboxylic acids is 1. The number of hydrogen-bond acceptors (Lipinski definition) is 5. The number of allylic oxidation sites excluding steroid dienone is 2. The van der Waals surface area contributed by atoms with E-state index in [0.717, 1.165) is 0 Å². The zero-order valence-corrected chi connectivity index (χ0v) is 11.6. The zero-order valence-electron chi connectivity index (χ0n) is 11.6. The van der Waals surface area contributed by atoms with Gasteiger partial charge in [0, 0.05) is 24.4 Å². The number of esters is 1. The molecule has 1 N–H and O–H groups in total. The van der Waals surface area contributed by atoms with Gasteiger partial charge in [0.1, 0.15) is 6.73 Å². The van der Waals surface area contributed by atoms with Crippen molar-refractivity contribution in [3.63, 3.8) is 0 Å². The number of carbonyl (C=O) groups is 2. The molecule has 0 aromatic rings. The monoisotopic (exact) mass is 269 g/mol. The second kappa shape index (κ2) is 6.38. The lowest BCUT2D eigenvalue weighted by atomic mass is 9.97. The van der Waals surface area contributed by atoms with Crippen molar-refractivity contribution in [2.45, 2.75) is 27.2 Å². The summed E-state index contributed by atoms with van der Waals surface area (Å²) in [5, 5.41) is 9.21. The van der Waals surface area contributed by atoms with E-state index in [4.69, 9.17) is 9.47 Å². The molecular weight excluding hydrogens is 250 g/mol. The lowest BCUT2D eigenvalue weighted by Gasteiger charge is -2.32. The van der Waals surface area contributed by atoms with Crippen molar-refractivity contribution in [3.05, 3.63) is 22.5 Å². The van der Waals surface area contributed by atoms with Gasteiger partial charge in [0.05, 0.1) is 18.3 Å². The van der Waals surface area contributed by atoms with E-state index >= 15 is 0 Å². The van der Waals surface area contributed by atoms with Crippen molar-refractivity contribution >= 4 is 11.9 Å². The molecule has 6 nitrogen and oxygen atoms in total. The van der Waals surface area contributed by atoms with E-state index in [0.29, 0.717) is 23.6 Å².